The van der Waals surface area contributed by atoms with Gasteiger partial charge in [-0.25, -0.2) is 9.18 Å². The Hall–Kier alpha value is -2.12. The van der Waals surface area contributed by atoms with Crippen LogP contribution in [0.4, 0.5) is 10.1 Å². The van der Waals surface area contributed by atoms with Crippen molar-refractivity contribution >= 4 is 51.2 Å². The first-order valence-corrected chi connectivity index (χ1v) is 7.46. The van der Waals surface area contributed by atoms with E-state index < -0.39 is 24.3 Å². The summed E-state index contributed by atoms with van der Waals surface area (Å²) in [6.07, 6.45) is 2.53. The van der Waals surface area contributed by atoms with Crippen LogP contribution in [-0.4, -0.2) is 18.5 Å². The molecule has 0 aliphatic heterocycles. The number of halogens is 3. The summed E-state index contributed by atoms with van der Waals surface area (Å²) in [5, 5.41) is 2.46. The van der Waals surface area contributed by atoms with Crippen LogP contribution < -0.4 is 5.32 Å². The number of anilines is 1. The van der Waals surface area contributed by atoms with E-state index in [0.29, 0.717) is 10.4 Å². The molecule has 0 atom stereocenters. The van der Waals surface area contributed by atoms with E-state index in [-0.39, 0.29) is 10.7 Å². The largest absolute Gasteiger partial charge is 0.452 e. The summed E-state index contributed by atoms with van der Waals surface area (Å²) in [5.74, 6) is -1.37. The van der Waals surface area contributed by atoms with Gasteiger partial charge in [-0.3, -0.25) is 4.79 Å². The molecule has 23 heavy (non-hydrogen) atoms. The molecule has 0 aliphatic carbocycles. The number of hydrogen-bond acceptors (Lipinski definition) is 4. The van der Waals surface area contributed by atoms with Crippen LogP contribution in [0, 0.1) is 5.82 Å². The van der Waals surface area contributed by atoms with Crippen LogP contribution >= 0.6 is 27.5 Å². The summed E-state index contributed by atoms with van der Waals surface area (Å²) in [5.41, 5.74) is 0.227. The fourth-order valence-corrected chi connectivity index (χ4v) is 2.06. The van der Waals surface area contributed by atoms with Crippen molar-refractivity contribution in [1.82, 2.24) is 0 Å². The van der Waals surface area contributed by atoms with Gasteiger partial charge in [0.05, 0.1) is 10.7 Å². The SMILES string of the molecule is O=C(COC(=O)/C=C/c1ccc(Br)o1)Nc1ccc(F)cc1Cl. The molecule has 0 saturated carbocycles. The van der Waals surface area contributed by atoms with Crippen molar-refractivity contribution in [3.63, 3.8) is 0 Å². The number of esters is 1. The van der Waals surface area contributed by atoms with E-state index in [9.17, 15) is 14.0 Å². The topological polar surface area (TPSA) is 68.5 Å². The number of furan rings is 1. The molecule has 120 valence electrons. The molecular formula is C15H10BrClFNO4. The molecule has 8 heteroatoms. The van der Waals surface area contributed by atoms with Crippen LogP contribution in [0.2, 0.25) is 5.02 Å². The predicted molar refractivity (Wildman–Crippen MR) is 86.4 cm³/mol. The standard InChI is InChI=1S/C15H10BrClFNO4/c16-13-5-2-10(23-13)3-6-15(21)22-8-14(20)19-12-4-1-9(18)7-11(12)17/h1-7H,8H2,(H,19,20)/b6-3+. The van der Waals surface area contributed by atoms with Gasteiger partial charge in [-0.05, 0) is 52.3 Å². The van der Waals surface area contributed by atoms with Crippen LogP contribution in [0.3, 0.4) is 0 Å². The summed E-state index contributed by atoms with van der Waals surface area (Å²) >= 11 is 8.89. The van der Waals surface area contributed by atoms with Crippen molar-refractivity contribution in [2.75, 3.05) is 11.9 Å². The van der Waals surface area contributed by atoms with Gasteiger partial charge >= 0.3 is 5.97 Å². The summed E-state index contributed by atoms with van der Waals surface area (Å²) < 4.78 is 23.3. The second-order valence-corrected chi connectivity index (χ2v) is 5.44. The highest BCUT2D eigenvalue weighted by atomic mass is 79.9. The quantitative estimate of drug-likeness (QED) is 0.606. The van der Waals surface area contributed by atoms with Crippen LogP contribution in [0.5, 0.6) is 0 Å². The van der Waals surface area contributed by atoms with Crippen molar-refractivity contribution in [3.8, 4) is 0 Å². The minimum atomic E-state index is -0.710. The smallest absolute Gasteiger partial charge is 0.331 e. The highest BCUT2D eigenvalue weighted by Crippen LogP contribution is 2.22. The third kappa shape index (κ3) is 5.54. The summed E-state index contributed by atoms with van der Waals surface area (Å²) in [6, 6.07) is 6.85. The average Bonchev–Trinajstić information content (AvgIpc) is 2.91. The monoisotopic (exact) mass is 401 g/mol. The number of benzene rings is 1. The summed E-state index contributed by atoms with van der Waals surface area (Å²) in [6.45, 7) is -0.501. The predicted octanol–water partition coefficient (Wildman–Crippen LogP) is 4.03. The fraction of sp³-hybridized carbons (Fsp3) is 0.0667. The molecule has 0 aliphatic rings. The Morgan fingerprint density at radius 3 is 2.78 bits per heavy atom. The third-order valence-electron chi connectivity index (χ3n) is 2.53. The molecule has 2 aromatic rings. The highest BCUT2D eigenvalue weighted by molar-refractivity contribution is 9.10. The first-order valence-electron chi connectivity index (χ1n) is 6.29. The normalized spacial score (nSPS) is 10.7. The van der Waals surface area contributed by atoms with E-state index in [1.54, 1.807) is 12.1 Å². The lowest BCUT2D eigenvalue weighted by Gasteiger charge is -2.07. The molecule has 0 spiro atoms. The Labute approximate surface area is 144 Å². The van der Waals surface area contributed by atoms with E-state index in [1.165, 1.54) is 12.1 Å². The zero-order valence-electron chi connectivity index (χ0n) is 11.5. The second-order valence-electron chi connectivity index (χ2n) is 4.26. The Balaban J connectivity index is 1.81. The molecule has 0 saturated heterocycles. The van der Waals surface area contributed by atoms with Crippen LogP contribution in [0.25, 0.3) is 6.08 Å². The van der Waals surface area contributed by atoms with Gasteiger partial charge in [0, 0.05) is 6.08 Å². The first-order chi connectivity index (χ1) is 10.9. The Morgan fingerprint density at radius 2 is 2.13 bits per heavy atom. The number of ether oxygens (including phenoxy) is 1. The van der Waals surface area contributed by atoms with Gasteiger partial charge in [0.15, 0.2) is 11.3 Å². The first kappa shape index (κ1) is 17.2. The van der Waals surface area contributed by atoms with Crippen molar-refractivity contribution in [3.05, 3.63) is 57.7 Å². The number of carbonyl (C=O) groups is 2. The van der Waals surface area contributed by atoms with E-state index >= 15 is 0 Å². The molecule has 5 nitrogen and oxygen atoms in total. The van der Waals surface area contributed by atoms with Gasteiger partial charge in [0.2, 0.25) is 0 Å². The van der Waals surface area contributed by atoms with E-state index in [4.69, 9.17) is 20.8 Å². The molecule has 1 amide bonds. The maximum Gasteiger partial charge on any atom is 0.331 e. The minimum Gasteiger partial charge on any atom is -0.452 e. The molecule has 1 N–H and O–H groups in total. The molecule has 0 radical (unpaired) electrons. The summed E-state index contributed by atoms with van der Waals surface area (Å²) in [7, 11) is 0. The lowest BCUT2D eigenvalue weighted by molar-refractivity contribution is -0.142. The number of rotatable bonds is 5. The Kier molecular flexibility index (Phi) is 5.95. The van der Waals surface area contributed by atoms with Crippen molar-refractivity contribution in [1.29, 1.82) is 0 Å². The fourth-order valence-electron chi connectivity index (χ4n) is 1.53. The number of nitrogens with one attached hydrogen (secondary N) is 1. The van der Waals surface area contributed by atoms with Crippen LogP contribution in [-0.2, 0) is 14.3 Å². The van der Waals surface area contributed by atoms with Gasteiger partial charge < -0.3 is 14.5 Å². The van der Waals surface area contributed by atoms with Crippen molar-refractivity contribution in [2.24, 2.45) is 0 Å². The number of amides is 1. The number of hydrogen-bond donors (Lipinski definition) is 1. The number of carbonyl (C=O) groups excluding carboxylic acids is 2. The molecule has 1 heterocycles. The van der Waals surface area contributed by atoms with Crippen molar-refractivity contribution in [2.45, 2.75) is 0 Å². The van der Waals surface area contributed by atoms with Gasteiger partial charge in [0.1, 0.15) is 11.6 Å². The van der Waals surface area contributed by atoms with E-state index in [2.05, 4.69) is 21.2 Å². The van der Waals surface area contributed by atoms with E-state index in [1.807, 2.05) is 0 Å². The van der Waals surface area contributed by atoms with E-state index in [0.717, 1.165) is 18.2 Å². The maximum absolute atomic E-state index is 12.9. The van der Waals surface area contributed by atoms with Gasteiger partial charge in [0.25, 0.3) is 5.91 Å². The lowest BCUT2D eigenvalue weighted by atomic mass is 10.3. The molecule has 1 aromatic carbocycles. The maximum atomic E-state index is 12.9. The minimum absolute atomic E-state index is 0.0490. The molecule has 0 unspecified atom stereocenters. The van der Waals surface area contributed by atoms with Gasteiger partial charge in [-0.1, -0.05) is 11.6 Å². The Bertz CT molecular complexity index is 760. The molecule has 2 rings (SSSR count). The highest BCUT2D eigenvalue weighted by Gasteiger charge is 2.09. The molecule has 0 bridgehead atoms. The van der Waals surface area contributed by atoms with Crippen LogP contribution in [0.1, 0.15) is 5.76 Å². The third-order valence-corrected chi connectivity index (χ3v) is 3.27. The van der Waals surface area contributed by atoms with Crippen LogP contribution in [0.15, 0.2) is 45.5 Å². The molecule has 1 aromatic heterocycles. The second kappa shape index (κ2) is 7.94. The zero-order chi connectivity index (χ0) is 16.8. The average molecular weight is 403 g/mol. The van der Waals surface area contributed by atoms with Gasteiger partial charge in [-0.2, -0.15) is 0 Å². The summed E-state index contributed by atoms with van der Waals surface area (Å²) in [4.78, 5) is 23.1. The lowest BCUT2D eigenvalue weighted by Crippen LogP contribution is -2.20. The zero-order valence-corrected chi connectivity index (χ0v) is 13.9. The molecular weight excluding hydrogens is 393 g/mol. The Morgan fingerprint density at radius 1 is 1.35 bits per heavy atom. The molecule has 0 fully saturated rings. The van der Waals surface area contributed by atoms with Gasteiger partial charge in [-0.15, -0.1) is 0 Å². The van der Waals surface area contributed by atoms with Crippen molar-refractivity contribution < 1.29 is 23.1 Å².